The van der Waals surface area contributed by atoms with E-state index >= 15 is 0 Å². The van der Waals surface area contributed by atoms with Crippen molar-refractivity contribution < 1.29 is 4.79 Å². The Morgan fingerprint density at radius 3 is 2.50 bits per heavy atom. The van der Waals surface area contributed by atoms with Crippen molar-refractivity contribution >= 4 is 5.78 Å². The second-order valence-corrected chi connectivity index (χ2v) is 5.35. The quantitative estimate of drug-likeness (QED) is 0.679. The zero-order valence-corrected chi connectivity index (χ0v) is 12.4. The fourth-order valence-corrected chi connectivity index (χ4v) is 2.49. The Hall–Kier alpha value is -2.75. The first-order valence-electron chi connectivity index (χ1n) is 7.21. The first kappa shape index (κ1) is 14.2. The second kappa shape index (κ2) is 6.35. The summed E-state index contributed by atoms with van der Waals surface area (Å²) in [5.41, 5.74) is 4.16. The molecule has 0 aliphatic rings. The molecular weight excluding hydrogens is 274 g/mol. The van der Waals surface area contributed by atoms with E-state index in [1.807, 2.05) is 30.3 Å². The molecule has 0 unspecified atom stereocenters. The monoisotopic (exact) mass is 291 g/mol. The van der Waals surface area contributed by atoms with Crippen LogP contribution in [-0.2, 0) is 13.0 Å². The average molecular weight is 291 g/mol. The summed E-state index contributed by atoms with van der Waals surface area (Å²) in [4.78, 5) is 15.7. The zero-order chi connectivity index (χ0) is 15.4. The molecule has 0 atom stereocenters. The Morgan fingerprint density at radius 1 is 1.05 bits per heavy atom. The van der Waals surface area contributed by atoms with Crippen LogP contribution in [0.3, 0.4) is 0 Å². The Kier molecular flexibility index (Phi) is 4.10. The first-order valence-corrected chi connectivity index (χ1v) is 7.21. The molecule has 1 aromatic heterocycles. The van der Waals surface area contributed by atoms with Crippen LogP contribution >= 0.6 is 0 Å². The van der Waals surface area contributed by atoms with Gasteiger partial charge in [0.2, 0.25) is 0 Å². The second-order valence-electron chi connectivity index (χ2n) is 5.35. The molecule has 0 amide bonds. The lowest BCUT2D eigenvalue weighted by Crippen LogP contribution is -2.04. The number of carbonyl (C=O) groups is 1. The molecule has 4 nitrogen and oxygen atoms in total. The molecule has 0 saturated heterocycles. The molecule has 0 aliphatic heterocycles. The predicted octanol–water partition coefficient (Wildman–Crippen LogP) is 3.12. The van der Waals surface area contributed by atoms with Crippen molar-refractivity contribution in [2.75, 3.05) is 0 Å². The summed E-state index contributed by atoms with van der Waals surface area (Å²) in [5.74, 6) is 0.0785. The first-order chi connectivity index (χ1) is 10.7. The van der Waals surface area contributed by atoms with Crippen LogP contribution in [-0.4, -0.2) is 20.5 Å². The van der Waals surface area contributed by atoms with Crippen LogP contribution in [0.5, 0.6) is 0 Å². The number of aromatic nitrogens is 3. The largest absolute Gasteiger partial charge is 0.295 e. The molecule has 3 aromatic rings. The van der Waals surface area contributed by atoms with Crippen molar-refractivity contribution in [3.05, 3.63) is 83.4 Å². The van der Waals surface area contributed by atoms with Crippen LogP contribution in [0.25, 0.3) is 0 Å². The van der Waals surface area contributed by atoms with Crippen LogP contribution in [0.2, 0.25) is 0 Å². The summed E-state index contributed by atoms with van der Waals surface area (Å²) in [7, 11) is 0. The smallest absolute Gasteiger partial charge is 0.159 e. The van der Waals surface area contributed by atoms with Gasteiger partial charge in [-0.25, -0.2) is 9.67 Å². The number of rotatable bonds is 5. The molecule has 0 bridgehead atoms. The van der Waals surface area contributed by atoms with Gasteiger partial charge in [0.05, 0.1) is 6.54 Å². The maximum Gasteiger partial charge on any atom is 0.159 e. The van der Waals surface area contributed by atoms with Gasteiger partial charge in [-0.3, -0.25) is 4.79 Å². The van der Waals surface area contributed by atoms with Gasteiger partial charge in [-0.1, -0.05) is 36.4 Å². The van der Waals surface area contributed by atoms with E-state index in [9.17, 15) is 4.79 Å². The van der Waals surface area contributed by atoms with Gasteiger partial charge in [-0.2, -0.15) is 5.10 Å². The maximum atomic E-state index is 11.8. The van der Waals surface area contributed by atoms with E-state index in [2.05, 4.69) is 28.3 Å². The van der Waals surface area contributed by atoms with Gasteiger partial charge in [0.15, 0.2) is 5.78 Å². The highest BCUT2D eigenvalue weighted by molar-refractivity contribution is 5.94. The van der Waals surface area contributed by atoms with Crippen LogP contribution in [0.4, 0.5) is 0 Å². The topological polar surface area (TPSA) is 47.8 Å². The highest BCUT2D eigenvalue weighted by Gasteiger charge is 2.07. The number of nitrogens with zero attached hydrogens (tertiary/aromatic N) is 3. The third-order valence-electron chi connectivity index (χ3n) is 3.52. The fourth-order valence-electron chi connectivity index (χ4n) is 2.49. The van der Waals surface area contributed by atoms with Crippen LogP contribution in [0.1, 0.15) is 34.0 Å². The molecule has 22 heavy (non-hydrogen) atoms. The molecule has 0 fully saturated rings. The predicted molar refractivity (Wildman–Crippen MR) is 84.8 cm³/mol. The minimum Gasteiger partial charge on any atom is -0.295 e. The van der Waals surface area contributed by atoms with Crippen molar-refractivity contribution in [3.63, 3.8) is 0 Å². The Labute approximate surface area is 129 Å². The van der Waals surface area contributed by atoms with Crippen LogP contribution in [0, 0.1) is 0 Å². The summed E-state index contributed by atoms with van der Waals surface area (Å²) in [6.07, 6.45) is 4.00. The van der Waals surface area contributed by atoms with E-state index < -0.39 is 0 Å². The maximum absolute atomic E-state index is 11.8. The standard InChI is InChI=1S/C18H17N3O/c1-14(22)18-9-16(7-15-5-3-2-4-6-15)8-17(10-18)11-21-13-19-12-20-21/h2-6,8-10,12-13H,7,11H2,1H3. The van der Waals surface area contributed by atoms with Gasteiger partial charge < -0.3 is 0 Å². The van der Waals surface area contributed by atoms with Gasteiger partial charge in [-0.15, -0.1) is 0 Å². The lowest BCUT2D eigenvalue weighted by atomic mass is 9.98. The summed E-state index contributed by atoms with van der Waals surface area (Å²) in [6, 6.07) is 16.3. The van der Waals surface area contributed by atoms with Crippen molar-refractivity contribution in [1.82, 2.24) is 14.8 Å². The molecular formula is C18H17N3O. The summed E-state index contributed by atoms with van der Waals surface area (Å²) < 4.78 is 1.76. The van der Waals surface area contributed by atoms with Gasteiger partial charge >= 0.3 is 0 Å². The fraction of sp³-hybridized carbons (Fsp3) is 0.167. The van der Waals surface area contributed by atoms with E-state index in [1.54, 1.807) is 17.9 Å². The minimum atomic E-state index is 0.0785. The number of carbonyl (C=O) groups excluding carboxylic acids is 1. The van der Waals surface area contributed by atoms with Crippen molar-refractivity contribution in [1.29, 1.82) is 0 Å². The minimum absolute atomic E-state index is 0.0785. The molecule has 110 valence electrons. The summed E-state index contributed by atoms with van der Waals surface area (Å²) in [6.45, 7) is 2.21. The number of Topliss-reactive ketones (excluding diaryl/α,β-unsaturated/α-hetero) is 1. The number of ketones is 1. The summed E-state index contributed by atoms with van der Waals surface area (Å²) in [5, 5.41) is 4.12. The van der Waals surface area contributed by atoms with Crippen molar-refractivity contribution in [3.8, 4) is 0 Å². The molecule has 1 heterocycles. The van der Waals surface area contributed by atoms with Crippen molar-refractivity contribution in [2.45, 2.75) is 19.9 Å². The highest BCUT2D eigenvalue weighted by Crippen LogP contribution is 2.16. The van der Waals surface area contributed by atoms with E-state index in [4.69, 9.17) is 0 Å². The molecule has 0 radical (unpaired) electrons. The normalized spacial score (nSPS) is 10.6. The van der Waals surface area contributed by atoms with E-state index in [1.165, 1.54) is 11.9 Å². The SMILES string of the molecule is CC(=O)c1cc(Cc2ccccc2)cc(Cn2cncn2)c1. The van der Waals surface area contributed by atoms with Gasteiger partial charge in [0.25, 0.3) is 0 Å². The zero-order valence-electron chi connectivity index (χ0n) is 12.4. The molecule has 0 saturated carbocycles. The molecule has 4 heteroatoms. The Morgan fingerprint density at radius 2 is 1.82 bits per heavy atom. The van der Waals surface area contributed by atoms with Gasteiger partial charge in [0, 0.05) is 5.56 Å². The number of hydrogen-bond acceptors (Lipinski definition) is 3. The molecule has 0 spiro atoms. The lowest BCUT2D eigenvalue weighted by molar-refractivity contribution is 0.101. The Bertz CT molecular complexity index is 764. The van der Waals surface area contributed by atoms with Crippen LogP contribution < -0.4 is 0 Å². The van der Waals surface area contributed by atoms with E-state index in [0.29, 0.717) is 6.54 Å². The molecule has 3 rings (SSSR count). The third-order valence-corrected chi connectivity index (χ3v) is 3.52. The Balaban J connectivity index is 1.91. The summed E-state index contributed by atoms with van der Waals surface area (Å²) >= 11 is 0. The lowest BCUT2D eigenvalue weighted by Gasteiger charge is -2.09. The highest BCUT2D eigenvalue weighted by atomic mass is 16.1. The molecule has 2 aromatic carbocycles. The van der Waals surface area contributed by atoms with Gasteiger partial charge in [0.1, 0.15) is 12.7 Å². The molecule has 0 aliphatic carbocycles. The van der Waals surface area contributed by atoms with Gasteiger partial charge in [-0.05, 0) is 42.2 Å². The van der Waals surface area contributed by atoms with E-state index in [0.717, 1.165) is 23.1 Å². The number of benzene rings is 2. The third kappa shape index (κ3) is 3.47. The average Bonchev–Trinajstić information content (AvgIpc) is 3.01. The number of hydrogen-bond donors (Lipinski definition) is 0. The van der Waals surface area contributed by atoms with Crippen LogP contribution in [0.15, 0.2) is 61.2 Å². The molecule has 0 N–H and O–H groups in total. The van der Waals surface area contributed by atoms with E-state index in [-0.39, 0.29) is 5.78 Å². The van der Waals surface area contributed by atoms with Crippen molar-refractivity contribution in [2.24, 2.45) is 0 Å².